The summed E-state index contributed by atoms with van der Waals surface area (Å²) in [5, 5.41) is 2.90. The summed E-state index contributed by atoms with van der Waals surface area (Å²) in [6.07, 6.45) is 1.72. The number of methoxy groups -OCH3 is 1. The number of benzene rings is 2. The average Bonchev–Trinajstić information content (AvgIpc) is 2.61. The van der Waals surface area contributed by atoms with E-state index in [4.69, 9.17) is 9.47 Å². The number of anilines is 1. The van der Waals surface area contributed by atoms with Crippen LogP contribution in [0.5, 0.6) is 11.5 Å². The van der Waals surface area contributed by atoms with Gasteiger partial charge in [0.2, 0.25) is 0 Å². The fourth-order valence-corrected chi connectivity index (χ4v) is 2.45. The molecular formula is C20H25N2O3+. The topological polar surface area (TPSA) is 52.0 Å². The van der Waals surface area contributed by atoms with Crippen molar-refractivity contribution >= 4 is 11.6 Å². The minimum atomic E-state index is -0.0308. The second-order valence-electron chi connectivity index (χ2n) is 5.83. The highest BCUT2D eigenvalue weighted by Crippen LogP contribution is 2.16. The number of carbonyl (C=O) groups is 1. The van der Waals surface area contributed by atoms with Crippen LogP contribution < -0.4 is 19.7 Å². The summed E-state index contributed by atoms with van der Waals surface area (Å²) in [5.74, 6) is 1.51. The highest BCUT2D eigenvalue weighted by molar-refractivity contribution is 5.91. The highest BCUT2D eigenvalue weighted by atomic mass is 16.5. The molecule has 0 radical (unpaired) electrons. The van der Waals surface area contributed by atoms with Crippen molar-refractivity contribution in [1.82, 2.24) is 0 Å². The van der Waals surface area contributed by atoms with Crippen molar-refractivity contribution in [3.63, 3.8) is 0 Å². The Hall–Kier alpha value is -2.79. The van der Waals surface area contributed by atoms with Crippen LogP contribution in [0.2, 0.25) is 0 Å². The Balaban J connectivity index is 1.83. The molecule has 0 bridgehead atoms. The maximum Gasteiger partial charge on any atom is 0.279 e. The average molecular weight is 341 g/mol. The van der Waals surface area contributed by atoms with Crippen molar-refractivity contribution in [1.29, 1.82) is 0 Å². The largest absolute Gasteiger partial charge is 0.497 e. The number of nitrogens with one attached hydrogen (secondary N) is 2. The molecule has 2 rings (SSSR count). The van der Waals surface area contributed by atoms with Gasteiger partial charge in [0, 0.05) is 17.3 Å². The first-order valence-electron chi connectivity index (χ1n) is 8.18. The molecule has 0 fully saturated rings. The third kappa shape index (κ3) is 6.31. The summed E-state index contributed by atoms with van der Waals surface area (Å²) < 4.78 is 10.6. The molecular weight excluding hydrogens is 316 g/mol. The van der Waals surface area contributed by atoms with Crippen LogP contribution in [0.3, 0.4) is 0 Å². The fraction of sp³-hybridized carbons (Fsp3) is 0.250. The molecule has 1 amide bonds. The fourth-order valence-electron chi connectivity index (χ4n) is 2.45. The molecule has 132 valence electrons. The number of hydrogen-bond donors (Lipinski definition) is 2. The number of likely N-dealkylation sites (N-methyl/N-ethyl adjacent to an activating group) is 1. The van der Waals surface area contributed by atoms with E-state index < -0.39 is 0 Å². The number of rotatable bonds is 9. The van der Waals surface area contributed by atoms with Gasteiger partial charge < -0.3 is 19.7 Å². The van der Waals surface area contributed by atoms with E-state index in [0.717, 1.165) is 34.2 Å². The van der Waals surface area contributed by atoms with E-state index in [-0.39, 0.29) is 5.91 Å². The lowest BCUT2D eigenvalue weighted by atomic mass is 10.2. The minimum Gasteiger partial charge on any atom is -0.497 e. The van der Waals surface area contributed by atoms with Crippen LogP contribution >= 0.6 is 0 Å². The number of amides is 1. The van der Waals surface area contributed by atoms with Gasteiger partial charge in [0.15, 0.2) is 6.54 Å². The van der Waals surface area contributed by atoms with Crippen molar-refractivity contribution in [2.24, 2.45) is 0 Å². The highest BCUT2D eigenvalue weighted by Gasteiger charge is 2.11. The predicted molar refractivity (Wildman–Crippen MR) is 99.2 cm³/mol. The number of carbonyl (C=O) groups excluding carboxylic acids is 1. The standard InChI is InChI=1S/C20H24N2O3/c1-4-12-25-18-10-8-16(9-11-18)14-22(2)15-20(23)21-17-6-5-7-19(13-17)24-3/h4-11,13H,1,12,14-15H2,2-3H3,(H,21,23)/p+1. The molecule has 2 N–H and O–H groups in total. The number of ether oxygens (including phenoxy) is 2. The Morgan fingerprint density at radius 3 is 2.64 bits per heavy atom. The van der Waals surface area contributed by atoms with Gasteiger partial charge in [-0.05, 0) is 36.4 Å². The molecule has 0 aliphatic rings. The molecule has 5 nitrogen and oxygen atoms in total. The number of quaternary nitrogens is 1. The van der Waals surface area contributed by atoms with Crippen LogP contribution in [0.25, 0.3) is 0 Å². The Morgan fingerprint density at radius 2 is 1.96 bits per heavy atom. The summed E-state index contributed by atoms with van der Waals surface area (Å²) in [6.45, 7) is 5.26. The molecule has 1 unspecified atom stereocenters. The summed E-state index contributed by atoms with van der Waals surface area (Å²) in [4.78, 5) is 13.3. The van der Waals surface area contributed by atoms with E-state index in [1.165, 1.54) is 0 Å². The molecule has 2 aromatic carbocycles. The molecule has 0 spiro atoms. The minimum absolute atomic E-state index is 0.0308. The van der Waals surface area contributed by atoms with Gasteiger partial charge in [-0.1, -0.05) is 18.7 Å². The van der Waals surface area contributed by atoms with Gasteiger partial charge in [0.1, 0.15) is 24.7 Å². The second kappa shape index (κ2) is 9.49. The molecule has 0 aliphatic heterocycles. The van der Waals surface area contributed by atoms with Gasteiger partial charge in [0.25, 0.3) is 5.91 Å². The molecule has 2 aromatic rings. The maximum absolute atomic E-state index is 12.2. The van der Waals surface area contributed by atoms with Gasteiger partial charge >= 0.3 is 0 Å². The van der Waals surface area contributed by atoms with Gasteiger partial charge in [-0.3, -0.25) is 4.79 Å². The van der Waals surface area contributed by atoms with E-state index in [1.807, 2.05) is 49.5 Å². The first-order chi connectivity index (χ1) is 12.1. The van der Waals surface area contributed by atoms with E-state index >= 15 is 0 Å². The summed E-state index contributed by atoms with van der Waals surface area (Å²) in [7, 11) is 3.60. The summed E-state index contributed by atoms with van der Waals surface area (Å²) in [6, 6.07) is 15.2. The Morgan fingerprint density at radius 1 is 1.20 bits per heavy atom. The smallest absolute Gasteiger partial charge is 0.279 e. The first kappa shape index (κ1) is 18.5. The lowest BCUT2D eigenvalue weighted by Gasteiger charge is -2.14. The van der Waals surface area contributed by atoms with Crippen LogP contribution in [0.15, 0.2) is 61.2 Å². The number of hydrogen-bond acceptors (Lipinski definition) is 3. The molecule has 0 aliphatic carbocycles. The molecule has 1 atom stereocenters. The van der Waals surface area contributed by atoms with E-state index in [9.17, 15) is 4.79 Å². The van der Waals surface area contributed by atoms with Crippen LogP contribution in [-0.2, 0) is 11.3 Å². The van der Waals surface area contributed by atoms with Crippen molar-refractivity contribution in [3.05, 3.63) is 66.7 Å². The molecule has 0 heterocycles. The molecule has 0 saturated heterocycles. The van der Waals surface area contributed by atoms with Crippen LogP contribution in [0, 0.1) is 0 Å². The zero-order valence-corrected chi connectivity index (χ0v) is 14.7. The zero-order chi connectivity index (χ0) is 18.1. The Labute approximate surface area is 148 Å². The molecule has 5 heteroatoms. The van der Waals surface area contributed by atoms with E-state index in [0.29, 0.717) is 13.2 Å². The molecule has 0 aromatic heterocycles. The zero-order valence-electron chi connectivity index (χ0n) is 14.7. The SMILES string of the molecule is C=CCOc1ccc(C[NH+](C)CC(=O)Nc2cccc(OC)c2)cc1. The Kier molecular flexibility index (Phi) is 7.04. The summed E-state index contributed by atoms with van der Waals surface area (Å²) >= 11 is 0. The third-order valence-electron chi connectivity index (χ3n) is 3.61. The van der Waals surface area contributed by atoms with Gasteiger partial charge in [-0.2, -0.15) is 0 Å². The summed E-state index contributed by atoms with van der Waals surface area (Å²) in [5.41, 5.74) is 1.89. The van der Waals surface area contributed by atoms with Crippen molar-refractivity contribution in [2.45, 2.75) is 6.54 Å². The quantitative estimate of drug-likeness (QED) is 0.685. The van der Waals surface area contributed by atoms with Crippen LogP contribution in [-0.4, -0.2) is 33.2 Å². The molecule has 0 saturated carbocycles. The Bertz CT molecular complexity index is 698. The van der Waals surface area contributed by atoms with Gasteiger partial charge in [-0.25, -0.2) is 0 Å². The monoisotopic (exact) mass is 341 g/mol. The van der Waals surface area contributed by atoms with Gasteiger partial charge in [0.05, 0.1) is 14.2 Å². The van der Waals surface area contributed by atoms with E-state index in [2.05, 4.69) is 11.9 Å². The van der Waals surface area contributed by atoms with Crippen molar-refractivity contribution in [2.75, 3.05) is 32.6 Å². The second-order valence-corrected chi connectivity index (χ2v) is 5.83. The van der Waals surface area contributed by atoms with Crippen molar-refractivity contribution in [3.8, 4) is 11.5 Å². The van der Waals surface area contributed by atoms with Crippen LogP contribution in [0.4, 0.5) is 5.69 Å². The lowest BCUT2D eigenvalue weighted by Crippen LogP contribution is -3.08. The predicted octanol–water partition coefficient (Wildman–Crippen LogP) is 1.91. The maximum atomic E-state index is 12.2. The lowest BCUT2D eigenvalue weighted by molar-refractivity contribution is -0.885. The molecule has 25 heavy (non-hydrogen) atoms. The van der Waals surface area contributed by atoms with E-state index in [1.54, 1.807) is 19.3 Å². The normalized spacial score (nSPS) is 11.4. The van der Waals surface area contributed by atoms with Crippen LogP contribution in [0.1, 0.15) is 5.56 Å². The van der Waals surface area contributed by atoms with Gasteiger partial charge in [-0.15, -0.1) is 0 Å². The van der Waals surface area contributed by atoms with Crippen molar-refractivity contribution < 1.29 is 19.2 Å². The third-order valence-corrected chi connectivity index (χ3v) is 3.61. The first-order valence-corrected chi connectivity index (χ1v) is 8.18.